The lowest BCUT2D eigenvalue weighted by molar-refractivity contribution is -0.00647. The van der Waals surface area contributed by atoms with Crippen LogP contribution >= 0.6 is 0 Å². The van der Waals surface area contributed by atoms with Crippen molar-refractivity contribution in [2.75, 3.05) is 42.7 Å². The Balaban J connectivity index is 1.53. The summed E-state index contributed by atoms with van der Waals surface area (Å²) in [5.41, 5.74) is 11.1. The maximum atomic E-state index is 15.3. The van der Waals surface area contributed by atoms with Crippen LogP contribution in [-0.2, 0) is 22.3 Å². The molecule has 0 amide bonds. The number of benzene rings is 4. The molecule has 0 aromatic heterocycles. The Morgan fingerprint density at radius 1 is 0.467 bits per heavy atom. The summed E-state index contributed by atoms with van der Waals surface area (Å²) < 4.78 is 48.8. The molecule has 4 aliphatic rings. The smallest absolute Gasteiger partial charge is 0.198 e. The van der Waals surface area contributed by atoms with Crippen molar-refractivity contribution in [3.63, 3.8) is 0 Å². The third kappa shape index (κ3) is 6.39. The first-order valence-corrected chi connectivity index (χ1v) is 20.3. The number of Topliss-reactive ketones (excluding diaryl/α,β-unsaturated/α-hetero) is 2. The van der Waals surface area contributed by atoms with Crippen LogP contribution in [0.4, 0.5) is 0 Å². The molecule has 2 heterocycles. The Hall–Kier alpha value is -5.84. The largest absolute Gasteiger partial charge is 0.496 e. The van der Waals surface area contributed by atoms with Crippen molar-refractivity contribution in [1.82, 2.24) is 0 Å². The summed E-state index contributed by atoms with van der Waals surface area (Å²) in [6, 6.07) is 11.4. The SMILES string of the molecule is COc1cc(C)cc2c1C(=O)/C(=C1/C=C(c3c(OC)cc(OC)c4c3C[C@@H](C)O[C@@H]4C)c3cc(C)cc(OC)c3C1=O)C=C2c1c(OC)cc(OC)c2c1C[C@@H](C)O[C@@H]2C. The fourth-order valence-electron chi connectivity index (χ4n) is 9.85. The molecule has 0 bridgehead atoms. The third-order valence-corrected chi connectivity index (χ3v) is 12.2. The highest BCUT2D eigenvalue weighted by molar-refractivity contribution is 6.28. The average molecular weight is 813 g/mol. The number of rotatable bonds is 8. The van der Waals surface area contributed by atoms with E-state index in [0.29, 0.717) is 69.6 Å². The Bertz CT molecular complexity index is 2410. The summed E-state index contributed by atoms with van der Waals surface area (Å²) in [6.45, 7) is 12.1. The van der Waals surface area contributed by atoms with Crippen molar-refractivity contribution < 1.29 is 47.5 Å². The Labute approximate surface area is 351 Å². The van der Waals surface area contributed by atoms with Gasteiger partial charge in [-0.2, -0.15) is 0 Å². The lowest BCUT2D eigenvalue weighted by Gasteiger charge is -2.34. The van der Waals surface area contributed by atoms with Gasteiger partial charge in [-0.05, 0) is 123 Å². The molecule has 2 aliphatic carbocycles. The molecule has 0 N–H and O–H groups in total. The van der Waals surface area contributed by atoms with Crippen molar-refractivity contribution in [3.8, 4) is 34.5 Å². The standard InChI is InChI=1S/C50H52O10/c1-23-13-29-31(45-35-17-25(3)59-27(5)43(35)39(55-9)21-41(45)57-11)19-33(49(51)47(29)37(15-23)53-7)34-20-32(30-14-24(2)16-38(54-8)48(30)50(34)52)46-36-18-26(4)60-28(6)44(36)40(56-10)22-42(46)58-12/h13-16,19-22,25-28H,17-18H2,1-12H3/b34-33-/t25-,26-,27-,28-/m1/s1. The van der Waals surface area contributed by atoms with Crippen molar-refractivity contribution >= 4 is 22.7 Å². The summed E-state index contributed by atoms with van der Waals surface area (Å²) in [4.78, 5) is 30.7. The van der Waals surface area contributed by atoms with Crippen LogP contribution in [0.1, 0.15) is 116 Å². The molecule has 0 spiro atoms. The molecule has 4 aromatic rings. The van der Waals surface area contributed by atoms with Crippen LogP contribution in [0.2, 0.25) is 0 Å². The van der Waals surface area contributed by atoms with E-state index in [1.54, 1.807) is 42.7 Å². The monoisotopic (exact) mass is 812 g/mol. The summed E-state index contributed by atoms with van der Waals surface area (Å²) in [7, 11) is 9.65. The van der Waals surface area contributed by atoms with E-state index in [9.17, 15) is 0 Å². The fraction of sp³-hybridized carbons (Fsp3) is 0.360. The van der Waals surface area contributed by atoms with E-state index in [1.165, 1.54) is 0 Å². The first-order chi connectivity index (χ1) is 28.8. The molecule has 10 nitrogen and oxygen atoms in total. The minimum absolute atomic E-state index is 0.114. The lowest BCUT2D eigenvalue weighted by atomic mass is 9.74. The molecular weight excluding hydrogens is 761 g/mol. The summed E-state index contributed by atoms with van der Waals surface area (Å²) in [5, 5.41) is 0. The molecule has 10 heteroatoms. The van der Waals surface area contributed by atoms with Crippen LogP contribution < -0.4 is 28.4 Å². The minimum atomic E-state index is -0.343. The molecule has 4 aromatic carbocycles. The first kappa shape index (κ1) is 40.9. The second-order valence-corrected chi connectivity index (χ2v) is 16.1. The third-order valence-electron chi connectivity index (χ3n) is 12.2. The van der Waals surface area contributed by atoms with Gasteiger partial charge in [0.25, 0.3) is 0 Å². The number of aryl methyl sites for hydroxylation is 2. The van der Waals surface area contributed by atoms with Crippen molar-refractivity contribution in [2.24, 2.45) is 0 Å². The highest BCUT2D eigenvalue weighted by Gasteiger charge is 2.40. The van der Waals surface area contributed by atoms with Crippen molar-refractivity contribution in [2.45, 2.75) is 78.8 Å². The molecule has 0 radical (unpaired) electrons. The molecule has 312 valence electrons. The van der Waals surface area contributed by atoms with E-state index in [-0.39, 0.29) is 47.1 Å². The van der Waals surface area contributed by atoms with E-state index in [1.807, 2.05) is 90.1 Å². The number of hydrogen-bond donors (Lipinski definition) is 0. The van der Waals surface area contributed by atoms with Gasteiger partial charge in [-0.15, -0.1) is 0 Å². The minimum Gasteiger partial charge on any atom is -0.496 e. The van der Waals surface area contributed by atoms with Crippen molar-refractivity contribution in [3.05, 3.63) is 126 Å². The number of fused-ring (bicyclic) bond motifs is 4. The maximum Gasteiger partial charge on any atom is 0.198 e. The molecule has 0 fully saturated rings. The fourth-order valence-corrected chi connectivity index (χ4v) is 9.85. The van der Waals surface area contributed by atoms with Gasteiger partial charge in [0.15, 0.2) is 11.6 Å². The van der Waals surface area contributed by atoms with Gasteiger partial charge >= 0.3 is 0 Å². The van der Waals surface area contributed by atoms with Gasteiger partial charge in [0.2, 0.25) is 0 Å². The first-order valence-electron chi connectivity index (χ1n) is 20.3. The number of allylic oxidation sites excluding steroid dienone is 4. The van der Waals surface area contributed by atoms with E-state index < -0.39 is 0 Å². The van der Waals surface area contributed by atoms with Gasteiger partial charge in [0.1, 0.15) is 34.5 Å². The molecule has 0 saturated heterocycles. The summed E-state index contributed by atoms with van der Waals surface area (Å²) in [6.07, 6.45) is 4.04. The quantitative estimate of drug-likeness (QED) is 0.160. The second-order valence-electron chi connectivity index (χ2n) is 16.1. The van der Waals surface area contributed by atoms with Crippen LogP contribution in [0.15, 0.2) is 59.7 Å². The Morgan fingerprint density at radius 3 is 1.13 bits per heavy atom. The number of hydrogen-bond acceptors (Lipinski definition) is 10. The predicted molar refractivity (Wildman–Crippen MR) is 230 cm³/mol. The van der Waals surface area contributed by atoms with E-state index >= 15 is 9.59 Å². The summed E-state index contributed by atoms with van der Waals surface area (Å²) in [5.74, 6) is 2.56. The van der Waals surface area contributed by atoms with Crippen LogP contribution in [0.5, 0.6) is 34.5 Å². The zero-order chi connectivity index (χ0) is 42.9. The average Bonchev–Trinajstić information content (AvgIpc) is 3.22. The number of ether oxygens (including phenoxy) is 8. The second kappa shape index (κ2) is 15.6. The van der Waals surface area contributed by atoms with Gasteiger partial charge in [-0.1, -0.05) is 12.1 Å². The van der Waals surface area contributed by atoms with Crippen molar-refractivity contribution in [1.29, 1.82) is 0 Å². The van der Waals surface area contributed by atoms with E-state index in [0.717, 1.165) is 55.7 Å². The van der Waals surface area contributed by atoms with Crippen LogP contribution in [0.3, 0.4) is 0 Å². The molecule has 0 unspecified atom stereocenters. The number of methoxy groups -OCH3 is 6. The summed E-state index contributed by atoms with van der Waals surface area (Å²) >= 11 is 0. The lowest BCUT2D eigenvalue weighted by Crippen LogP contribution is -2.26. The Morgan fingerprint density at radius 2 is 0.800 bits per heavy atom. The zero-order valence-corrected chi connectivity index (χ0v) is 36.4. The molecule has 4 atom stereocenters. The van der Waals surface area contributed by atoms with Crippen LogP contribution in [-0.4, -0.2) is 66.4 Å². The number of carbonyl (C=O) groups is 2. The highest BCUT2D eigenvalue weighted by Crippen LogP contribution is 2.52. The molecule has 60 heavy (non-hydrogen) atoms. The number of carbonyl (C=O) groups excluding carboxylic acids is 2. The van der Waals surface area contributed by atoms with Gasteiger partial charge in [-0.3, -0.25) is 9.59 Å². The highest BCUT2D eigenvalue weighted by atomic mass is 16.5. The maximum absolute atomic E-state index is 15.3. The van der Waals surface area contributed by atoms with Crippen LogP contribution in [0.25, 0.3) is 11.1 Å². The topological polar surface area (TPSA) is 108 Å². The van der Waals surface area contributed by atoms with Gasteiger partial charge in [0, 0.05) is 45.5 Å². The van der Waals surface area contributed by atoms with E-state index in [4.69, 9.17) is 37.9 Å². The van der Waals surface area contributed by atoms with Gasteiger partial charge in [0.05, 0.1) is 78.2 Å². The molecule has 8 rings (SSSR count). The molecular formula is C50H52O10. The zero-order valence-electron chi connectivity index (χ0n) is 36.4. The van der Waals surface area contributed by atoms with Gasteiger partial charge < -0.3 is 37.9 Å². The van der Waals surface area contributed by atoms with E-state index in [2.05, 4.69) is 0 Å². The normalized spacial score (nSPS) is 21.8. The molecule has 2 aliphatic heterocycles. The predicted octanol–water partition coefficient (Wildman–Crippen LogP) is 9.65. The van der Waals surface area contributed by atoms with Gasteiger partial charge in [-0.25, -0.2) is 0 Å². The molecule has 0 saturated carbocycles. The number of ketones is 2. The van der Waals surface area contributed by atoms with Crippen LogP contribution in [0, 0.1) is 13.8 Å². The Kier molecular flexibility index (Phi) is 10.7.